The number of fused-ring (bicyclic) bond motifs is 2. The van der Waals surface area contributed by atoms with E-state index >= 15 is 0 Å². The second-order valence-corrected chi connectivity index (χ2v) is 9.85. The minimum atomic E-state index is -1.18. The molecule has 0 aromatic heterocycles. The first-order chi connectivity index (χ1) is 18.4. The molecule has 1 N–H and O–H groups in total. The lowest BCUT2D eigenvalue weighted by atomic mass is 9.67. The summed E-state index contributed by atoms with van der Waals surface area (Å²) in [5.74, 6) is -1.99. The van der Waals surface area contributed by atoms with Gasteiger partial charge in [0.2, 0.25) is 11.8 Å². The van der Waals surface area contributed by atoms with Crippen molar-refractivity contribution in [1.82, 2.24) is 10.2 Å². The van der Waals surface area contributed by atoms with Gasteiger partial charge in [0.05, 0.1) is 13.2 Å². The minimum Gasteiger partial charge on any atom is -0.466 e. The number of nitrogens with one attached hydrogen (secondary N) is 1. The van der Waals surface area contributed by atoms with E-state index in [4.69, 9.17) is 9.47 Å². The van der Waals surface area contributed by atoms with Gasteiger partial charge in [0, 0.05) is 37.5 Å². The second kappa shape index (κ2) is 12.2. The van der Waals surface area contributed by atoms with Gasteiger partial charge in [-0.15, -0.1) is 0 Å². The molecule has 2 heterocycles. The number of ether oxygens (including phenoxy) is 2. The molecule has 0 radical (unpaired) electrons. The third-order valence-electron chi connectivity index (χ3n) is 7.43. The van der Waals surface area contributed by atoms with Gasteiger partial charge in [-0.3, -0.25) is 19.2 Å². The molecule has 0 spiro atoms. The van der Waals surface area contributed by atoms with E-state index < -0.39 is 23.3 Å². The van der Waals surface area contributed by atoms with Crippen molar-refractivity contribution >= 4 is 34.5 Å². The van der Waals surface area contributed by atoms with Gasteiger partial charge in [-0.05, 0) is 55.9 Å². The summed E-state index contributed by atoms with van der Waals surface area (Å²) in [6, 6.07) is 13.9. The topological polar surface area (TPSA) is 102 Å². The number of carbonyl (C=O) groups excluding carboxylic acids is 4. The predicted molar refractivity (Wildman–Crippen MR) is 142 cm³/mol. The third-order valence-corrected chi connectivity index (χ3v) is 7.43. The quantitative estimate of drug-likeness (QED) is 0.470. The van der Waals surface area contributed by atoms with Crippen LogP contribution in [0.4, 0.5) is 0 Å². The molecule has 1 saturated heterocycles. The molecule has 2 aromatic carbocycles. The summed E-state index contributed by atoms with van der Waals surface area (Å²) >= 11 is 0. The van der Waals surface area contributed by atoms with Crippen molar-refractivity contribution in [3.63, 3.8) is 0 Å². The van der Waals surface area contributed by atoms with Crippen molar-refractivity contribution in [2.75, 3.05) is 19.8 Å². The molecule has 4 rings (SSSR count). The van der Waals surface area contributed by atoms with E-state index in [0.29, 0.717) is 18.8 Å². The Kier molecular flexibility index (Phi) is 8.81. The van der Waals surface area contributed by atoms with Crippen LogP contribution in [0.2, 0.25) is 0 Å². The Morgan fingerprint density at radius 2 is 1.82 bits per heavy atom. The molecule has 2 atom stereocenters. The van der Waals surface area contributed by atoms with Gasteiger partial charge in [-0.25, -0.2) is 0 Å². The van der Waals surface area contributed by atoms with Crippen LogP contribution in [0.15, 0.2) is 54.2 Å². The molecule has 8 nitrogen and oxygen atoms in total. The third kappa shape index (κ3) is 5.74. The van der Waals surface area contributed by atoms with Crippen molar-refractivity contribution in [1.29, 1.82) is 0 Å². The highest BCUT2D eigenvalue weighted by atomic mass is 16.5. The Labute approximate surface area is 223 Å². The number of esters is 2. The van der Waals surface area contributed by atoms with Crippen LogP contribution in [-0.4, -0.2) is 48.4 Å². The molecule has 1 fully saturated rings. The fourth-order valence-corrected chi connectivity index (χ4v) is 5.67. The van der Waals surface area contributed by atoms with Crippen molar-refractivity contribution in [2.24, 2.45) is 11.3 Å². The van der Waals surface area contributed by atoms with Gasteiger partial charge < -0.3 is 19.7 Å². The largest absolute Gasteiger partial charge is 0.466 e. The van der Waals surface area contributed by atoms with Gasteiger partial charge in [0.15, 0.2) is 0 Å². The van der Waals surface area contributed by atoms with Crippen molar-refractivity contribution < 1.29 is 28.7 Å². The fraction of sp³-hybridized carbons (Fsp3) is 0.467. The maximum atomic E-state index is 13.5. The summed E-state index contributed by atoms with van der Waals surface area (Å²) in [5, 5.41) is 5.12. The van der Waals surface area contributed by atoms with E-state index in [1.807, 2.05) is 48.5 Å². The van der Waals surface area contributed by atoms with Crippen LogP contribution < -0.4 is 5.32 Å². The Morgan fingerprint density at radius 3 is 2.61 bits per heavy atom. The summed E-state index contributed by atoms with van der Waals surface area (Å²) in [4.78, 5) is 54.0. The number of benzene rings is 2. The average Bonchev–Trinajstić information content (AvgIpc) is 2.93. The molecule has 8 heteroatoms. The first kappa shape index (κ1) is 27.4. The number of hydrogen-bond acceptors (Lipinski definition) is 6. The summed E-state index contributed by atoms with van der Waals surface area (Å²) in [6.07, 6.45) is 3.67. The van der Waals surface area contributed by atoms with E-state index in [0.717, 1.165) is 29.2 Å². The first-order valence-electron chi connectivity index (χ1n) is 13.5. The van der Waals surface area contributed by atoms with E-state index in [2.05, 4.69) is 5.32 Å². The van der Waals surface area contributed by atoms with Gasteiger partial charge in [0.25, 0.3) is 0 Å². The Morgan fingerprint density at radius 1 is 1.05 bits per heavy atom. The van der Waals surface area contributed by atoms with Gasteiger partial charge >= 0.3 is 11.9 Å². The molecular formula is C30H36N2O6. The molecule has 0 aliphatic carbocycles. The van der Waals surface area contributed by atoms with Gasteiger partial charge in [-0.1, -0.05) is 48.5 Å². The van der Waals surface area contributed by atoms with Crippen molar-refractivity contribution in [3.8, 4) is 0 Å². The number of allylic oxidation sites excluding steroid dienone is 1. The summed E-state index contributed by atoms with van der Waals surface area (Å²) in [6.45, 7) is 4.70. The van der Waals surface area contributed by atoms with E-state index in [1.165, 1.54) is 0 Å². The van der Waals surface area contributed by atoms with E-state index in [-0.39, 0.29) is 50.7 Å². The second-order valence-electron chi connectivity index (χ2n) is 9.85. The smallest absolute Gasteiger partial charge is 0.318 e. The molecule has 0 bridgehead atoms. The fourth-order valence-electron chi connectivity index (χ4n) is 5.67. The average molecular weight is 521 g/mol. The zero-order chi connectivity index (χ0) is 27.1. The normalized spacial score (nSPS) is 20.9. The van der Waals surface area contributed by atoms with Crippen molar-refractivity contribution in [3.05, 3.63) is 59.8 Å². The Bertz CT molecular complexity index is 1230. The Balaban J connectivity index is 1.55. The maximum Gasteiger partial charge on any atom is 0.318 e. The van der Waals surface area contributed by atoms with Crippen LogP contribution in [0.3, 0.4) is 0 Å². The molecule has 0 unspecified atom stereocenters. The summed E-state index contributed by atoms with van der Waals surface area (Å²) < 4.78 is 10.6. The number of amides is 2. The highest BCUT2D eigenvalue weighted by Gasteiger charge is 2.54. The minimum absolute atomic E-state index is 0.0199. The van der Waals surface area contributed by atoms with Crippen LogP contribution in [0, 0.1) is 11.3 Å². The monoisotopic (exact) mass is 520 g/mol. The number of hydrogen-bond donors (Lipinski definition) is 1. The van der Waals surface area contributed by atoms with Crippen LogP contribution in [0.25, 0.3) is 10.8 Å². The highest BCUT2D eigenvalue weighted by molar-refractivity contribution is 5.93. The lowest BCUT2D eigenvalue weighted by Crippen LogP contribution is -2.54. The molecule has 202 valence electrons. The standard InChI is InChI=1S/C30H36N2O6/c1-3-37-27(34)15-16-30(29(36)38-4-2)19-23(28(35)32-17-8-7-14-25(30)32)18-26(33)31-20-22-12-9-11-21-10-5-6-13-24(21)22/h5-6,9-14,23H,3-4,7-8,15-20H2,1-2H3,(H,31,33)/t23-,30-/m1/s1. The van der Waals surface area contributed by atoms with E-state index in [1.54, 1.807) is 18.7 Å². The zero-order valence-electron chi connectivity index (χ0n) is 22.2. The molecule has 2 aliphatic rings. The van der Waals surface area contributed by atoms with Crippen LogP contribution in [-0.2, 0) is 35.2 Å². The summed E-state index contributed by atoms with van der Waals surface area (Å²) in [7, 11) is 0. The molecule has 38 heavy (non-hydrogen) atoms. The Hall–Kier alpha value is -3.68. The number of rotatable bonds is 10. The lowest BCUT2D eigenvalue weighted by Gasteiger charge is -2.47. The predicted octanol–water partition coefficient (Wildman–Crippen LogP) is 4.27. The van der Waals surface area contributed by atoms with Gasteiger partial charge in [0.1, 0.15) is 5.41 Å². The molecule has 2 amide bonds. The lowest BCUT2D eigenvalue weighted by molar-refractivity contribution is -0.162. The van der Waals surface area contributed by atoms with Gasteiger partial charge in [-0.2, -0.15) is 0 Å². The van der Waals surface area contributed by atoms with E-state index in [9.17, 15) is 19.2 Å². The van der Waals surface area contributed by atoms with Crippen LogP contribution in [0.5, 0.6) is 0 Å². The summed E-state index contributed by atoms with van der Waals surface area (Å²) in [5.41, 5.74) is 0.407. The van der Waals surface area contributed by atoms with Crippen LogP contribution in [0.1, 0.15) is 57.9 Å². The maximum absolute atomic E-state index is 13.5. The van der Waals surface area contributed by atoms with Crippen molar-refractivity contribution in [2.45, 2.75) is 58.9 Å². The number of piperidine rings is 1. The SMILES string of the molecule is CCOC(=O)CC[C@@]1(C(=O)OCC)C[C@@H](CC(=O)NCc2cccc3ccccc23)C(=O)N2CCCC=C21. The molecule has 2 aromatic rings. The zero-order valence-corrected chi connectivity index (χ0v) is 22.2. The first-order valence-corrected chi connectivity index (χ1v) is 13.5. The molecular weight excluding hydrogens is 484 g/mol. The molecule has 2 aliphatic heterocycles. The number of carbonyl (C=O) groups is 4. The highest BCUT2D eigenvalue weighted by Crippen LogP contribution is 2.49. The number of nitrogens with zero attached hydrogens (tertiary/aromatic N) is 1. The van der Waals surface area contributed by atoms with Crippen LogP contribution >= 0.6 is 0 Å². The molecule has 0 saturated carbocycles.